The second-order valence-corrected chi connectivity index (χ2v) is 5.32. The van der Waals surface area contributed by atoms with Crippen molar-refractivity contribution < 1.29 is 8.78 Å². The standard InChI is InChI=1S/C14H18ClF2N/c15-7-11-2-1-3-12(11)9-18-8-10-4-13(16)6-14(17)5-10/h4-6,11-12,18H,1-3,7-9H2. The van der Waals surface area contributed by atoms with E-state index in [9.17, 15) is 8.78 Å². The molecule has 4 heteroatoms. The molecule has 1 nitrogen and oxygen atoms in total. The third-order valence-electron chi connectivity index (χ3n) is 3.67. The zero-order valence-electron chi connectivity index (χ0n) is 10.3. The summed E-state index contributed by atoms with van der Waals surface area (Å²) in [5, 5.41) is 3.27. The molecule has 0 heterocycles. The highest BCUT2D eigenvalue weighted by Crippen LogP contribution is 2.31. The SMILES string of the molecule is Fc1cc(F)cc(CNCC2CCCC2CCl)c1. The van der Waals surface area contributed by atoms with Gasteiger partial charge in [-0.15, -0.1) is 11.6 Å². The number of nitrogens with one attached hydrogen (secondary N) is 1. The minimum atomic E-state index is -0.522. The Balaban J connectivity index is 1.81. The highest BCUT2D eigenvalue weighted by Gasteiger charge is 2.25. The zero-order chi connectivity index (χ0) is 13.0. The lowest BCUT2D eigenvalue weighted by molar-refractivity contribution is 0.395. The number of hydrogen-bond donors (Lipinski definition) is 1. The molecule has 100 valence electrons. The largest absolute Gasteiger partial charge is 0.312 e. The Morgan fingerprint density at radius 3 is 2.44 bits per heavy atom. The second kappa shape index (κ2) is 6.48. The van der Waals surface area contributed by atoms with Crippen LogP contribution in [0.5, 0.6) is 0 Å². The molecule has 0 saturated heterocycles. The quantitative estimate of drug-likeness (QED) is 0.807. The van der Waals surface area contributed by atoms with Crippen molar-refractivity contribution in [3.05, 3.63) is 35.4 Å². The number of benzene rings is 1. The van der Waals surface area contributed by atoms with Crippen LogP contribution in [0.3, 0.4) is 0 Å². The van der Waals surface area contributed by atoms with E-state index in [1.54, 1.807) is 0 Å². The summed E-state index contributed by atoms with van der Waals surface area (Å²) in [6.07, 6.45) is 3.63. The summed E-state index contributed by atoms with van der Waals surface area (Å²) < 4.78 is 26.0. The Kier molecular flexibility index (Phi) is 4.95. The van der Waals surface area contributed by atoms with Gasteiger partial charge in [0.2, 0.25) is 0 Å². The van der Waals surface area contributed by atoms with Crippen molar-refractivity contribution in [1.29, 1.82) is 0 Å². The van der Waals surface area contributed by atoms with E-state index in [1.807, 2.05) is 0 Å². The summed E-state index contributed by atoms with van der Waals surface area (Å²) in [6.45, 7) is 1.37. The first-order valence-electron chi connectivity index (χ1n) is 6.40. The minimum Gasteiger partial charge on any atom is -0.312 e. The first-order valence-corrected chi connectivity index (χ1v) is 6.94. The van der Waals surface area contributed by atoms with Crippen LogP contribution in [0.4, 0.5) is 8.78 Å². The molecular formula is C14H18ClF2N. The van der Waals surface area contributed by atoms with E-state index in [0.717, 1.165) is 12.6 Å². The third kappa shape index (κ3) is 3.66. The van der Waals surface area contributed by atoms with Crippen molar-refractivity contribution in [2.24, 2.45) is 11.8 Å². The normalized spacial score (nSPS) is 23.5. The van der Waals surface area contributed by atoms with Crippen molar-refractivity contribution in [1.82, 2.24) is 5.32 Å². The molecule has 1 saturated carbocycles. The van der Waals surface area contributed by atoms with Crippen LogP contribution >= 0.6 is 11.6 Å². The van der Waals surface area contributed by atoms with Gasteiger partial charge in [-0.05, 0) is 48.9 Å². The Hall–Kier alpha value is -0.670. The van der Waals surface area contributed by atoms with Gasteiger partial charge in [-0.1, -0.05) is 6.42 Å². The van der Waals surface area contributed by atoms with Gasteiger partial charge in [0.1, 0.15) is 11.6 Å². The maximum atomic E-state index is 13.0. The van der Waals surface area contributed by atoms with Gasteiger partial charge in [0.05, 0.1) is 0 Å². The first kappa shape index (κ1) is 13.8. The van der Waals surface area contributed by atoms with Crippen LogP contribution in [0.25, 0.3) is 0 Å². The maximum Gasteiger partial charge on any atom is 0.126 e. The molecule has 0 aliphatic heterocycles. The maximum absolute atomic E-state index is 13.0. The lowest BCUT2D eigenvalue weighted by atomic mass is 9.98. The third-order valence-corrected chi connectivity index (χ3v) is 4.07. The van der Waals surface area contributed by atoms with Crippen LogP contribution in [0.15, 0.2) is 18.2 Å². The lowest BCUT2D eigenvalue weighted by Gasteiger charge is -2.17. The number of alkyl halides is 1. The van der Waals surface area contributed by atoms with Gasteiger partial charge >= 0.3 is 0 Å². The van der Waals surface area contributed by atoms with Crippen LogP contribution in [0.1, 0.15) is 24.8 Å². The van der Waals surface area contributed by atoms with Gasteiger partial charge < -0.3 is 5.32 Å². The second-order valence-electron chi connectivity index (χ2n) is 5.01. The molecule has 18 heavy (non-hydrogen) atoms. The molecule has 1 N–H and O–H groups in total. The predicted octanol–water partition coefficient (Wildman–Crippen LogP) is 3.71. The van der Waals surface area contributed by atoms with Crippen molar-refractivity contribution in [2.45, 2.75) is 25.8 Å². The van der Waals surface area contributed by atoms with Crippen molar-refractivity contribution in [3.63, 3.8) is 0 Å². The Morgan fingerprint density at radius 2 is 1.78 bits per heavy atom. The molecule has 1 aliphatic rings. The Bertz CT molecular complexity index is 377. The van der Waals surface area contributed by atoms with E-state index < -0.39 is 11.6 Å². The minimum absolute atomic E-state index is 0.500. The van der Waals surface area contributed by atoms with Crippen molar-refractivity contribution in [3.8, 4) is 0 Å². The van der Waals surface area contributed by atoms with Crippen molar-refractivity contribution >= 4 is 11.6 Å². The number of hydrogen-bond acceptors (Lipinski definition) is 1. The van der Waals surface area contributed by atoms with Crippen LogP contribution < -0.4 is 5.32 Å². The fourth-order valence-electron chi connectivity index (χ4n) is 2.70. The highest BCUT2D eigenvalue weighted by atomic mass is 35.5. The summed E-state index contributed by atoms with van der Waals surface area (Å²) in [4.78, 5) is 0. The van der Waals surface area contributed by atoms with E-state index in [2.05, 4.69) is 5.32 Å². The molecule has 2 rings (SSSR count). The van der Waals surface area contributed by atoms with E-state index in [0.29, 0.717) is 29.8 Å². The van der Waals surface area contributed by atoms with Gasteiger partial charge in [0, 0.05) is 18.5 Å². The topological polar surface area (TPSA) is 12.0 Å². The molecule has 0 aromatic heterocycles. The monoisotopic (exact) mass is 273 g/mol. The van der Waals surface area contributed by atoms with Gasteiger partial charge in [0.25, 0.3) is 0 Å². The summed E-state index contributed by atoms with van der Waals surface area (Å²) in [5.74, 6) is 0.850. The van der Waals surface area contributed by atoms with Crippen LogP contribution in [0.2, 0.25) is 0 Å². The summed E-state index contributed by atoms with van der Waals surface area (Å²) >= 11 is 5.91. The molecule has 1 fully saturated rings. The highest BCUT2D eigenvalue weighted by molar-refractivity contribution is 6.18. The molecule has 2 unspecified atom stereocenters. The molecule has 1 aromatic carbocycles. The molecule has 0 spiro atoms. The number of rotatable bonds is 5. The van der Waals surface area contributed by atoms with E-state index in [1.165, 1.54) is 31.4 Å². The first-order chi connectivity index (χ1) is 8.69. The molecule has 2 atom stereocenters. The van der Waals surface area contributed by atoms with Crippen LogP contribution in [0, 0.1) is 23.5 Å². The fourth-order valence-corrected chi connectivity index (χ4v) is 3.11. The average molecular weight is 274 g/mol. The average Bonchev–Trinajstić information content (AvgIpc) is 2.75. The Morgan fingerprint density at radius 1 is 1.11 bits per heavy atom. The molecular weight excluding hydrogens is 256 g/mol. The van der Waals surface area contributed by atoms with E-state index >= 15 is 0 Å². The molecule has 0 amide bonds. The fraction of sp³-hybridized carbons (Fsp3) is 0.571. The van der Waals surface area contributed by atoms with Gasteiger partial charge in [-0.2, -0.15) is 0 Å². The summed E-state index contributed by atoms with van der Waals surface area (Å²) in [6, 6.07) is 3.62. The molecule has 1 aliphatic carbocycles. The molecule has 0 bridgehead atoms. The number of halogens is 3. The molecule has 1 aromatic rings. The Labute approximate surface area is 112 Å². The molecule has 0 radical (unpaired) electrons. The zero-order valence-corrected chi connectivity index (χ0v) is 11.0. The van der Waals surface area contributed by atoms with Gasteiger partial charge in [-0.25, -0.2) is 8.78 Å². The van der Waals surface area contributed by atoms with Crippen LogP contribution in [-0.4, -0.2) is 12.4 Å². The summed E-state index contributed by atoms with van der Waals surface area (Å²) in [7, 11) is 0. The summed E-state index contributed by atoms with van der Waals surface area (Å²) in [5.41, 5.74) is 0.646. The van der Waals surface area contributed by atoms with Gasteiger partial charge in [0.15, 0.2) is 0 Å². The lowest BCUT2D eigenvalue weighted by Crippen LogP contribution is -2.25. The van der Waals surface area contributed by atoms with Gasteiger partial charge in [-0.3, -0.25) is 0 Å². The van der Waals surface area contributed by atoms with E-state index in [-0.39, 0.29) is 0 Å². The van der Waals surface area contributed by atoms with E-state index in [4.69, 9.17) is 11.6 Å². The van der Waals surface area contributed by atoms with Crippen LogP contribution in [-0.2, 0) is 6.54 Å². The van der Waals surface area contributed by atoms with Crippen molar-refractivity contribution in [2.75, 3.05) is 12.4 Å². The smallest absolute Gasteiger partial charge is 0.126 e. The predicted molar refractivity (Wildman–Crippen MR) is 69.6 cm³/mol.